The summed E-state index contributed by atoms with van der Waals surface area (Å²) >= 11 is 1.05. The lowest BCUT2D eigenvalue weighted by atomic mass is 9.93. The van der Waals surface area contributed by atoms with Gasteiger partial charge < -0.3 is 10.0 Å². The summed E-state index contributed by atoms with van der Waals surface area (Å²) in [5, 5.41) is 9.08. The smallest absolute Gasteiger partial charge is 0.345 e. The molecule has 1 aliphatic rings. The van der Waals surface area contributed by atoms with E-state index in [2.05, 4.69) is 4.98 Å². The van der Waals surface area contributed by atoms with Crippen LogP contribution in [0.5, 0.6) is 0 Å². The van der Waals surface area contributed by atoms with Gasteiger partial charge in [0.1, 0.15) is 4.88 Å². The first-order valence-corrected chi connectivity index (χ1v) is 9.00. The van der Waals surface area contributed by atoms with Crippen LogP contribution in [0, 0.1) is 0 Å². The normalized spacial score (nSPS) is 15.2. The van der Waals surface area contributed by atoms with Gasteiger partial charge in [0.15, 0.2) is 0 Å². The fraction of sp³-hybridized carbons (Fsp3) is 0.389. The van der Waals surface area contributed by atoms with Gasteiger partial charge in [0.25, 0.3) is 5.91 Å². The highest BCUT2D eigenvalue weighted by Gasteiger charge is 2.27. The molecular formula is C18H20N2O3S. The fourth-order valence-corrected chi connectivity index (χ4v) is 3.96. The van der Waals surface area contributed by atoms with Gasteiger partial charge in [-0.25, -0.2) is 4.79 Å². The number of hydrogen-bond donors (Lipinski definition) is 1. The minimum absolute atomic E-state index is 0.0803. The van der Waals surface area contributed by atoms with Crippen LogP contribution in [0.25, 0.3) is 0 Å². The number of aromatic nitrogens is 1. The van der Waals surface area contributed by atoms with E-state index in [9.17, 15) is 9.59 Å². The number of pyridine rings is 1. The van der Waals surface area contributed by atoms with Crippen molar-refractivity contribution in [1.29, 1.82) is 0 Å². The Labute approximate surface area is 145 Å². The van der Waals surface area contributed by atoms with Gasteiger partial charge in [-0.2, -0.15) is 0 Å². The molecule has 0 radical (unpaired) electrons. The summed E-state index contributed by atoms with van der Waals surface area (Å²) in [5.74, 6) is -1.07. The zero-order chi connectivity index (χ0) is 16.9. The Balaban J connectivity index is 1.84. The first kappa shape index (κ1) is 16.6. The lowest BCUT2D eigenvalue weighted by Crippen LogP contribution is -2.40. The van der Waals surface area contributed by atoms with Crippen LogP contribution in [0.2, 0.25) is 0 Å². The van der Waals surface area contributed by atoms with Crippen molar-refractivity contribution in [1.82, 2.24) is 9.88 Å². The van der Waals surface area contributed by atoms with Gasteiger partial charge in [-0.3, -0.25) is 9.78 Å². The Bertz CT molecular complexity index is 708. The van der Waals surface area contributed by atoms with Crippen molar-refractivity contribution in [3.63, 3.8) is 0 Å². The Kier molecular flexibility index (Phi) is 5.25. The van der Waals surface area contributed by atoms with E-state index in [0.29, 0.717) is 11.4 Å². The predicted molar refractivity (Wildman–Crippen MR) is 92.3 cm³/mol. The summed E-state index contributed by atoms with van der Waals surface area (Å²) in [6.07, 6.45) is 8.98. The van der Waals surface area contributed by atoms with Gasteiger partial charge in [0.05, 0.1) is 4.88 Å². The zero-order valence-corrected chi connectivity index (χ0v) is 14.2. The summed E-state index contributed by atoms with van der Waals surface area (Å²) in [6.45, 7) is 0.512. The Morgan fingerprint density at radius 3 is 2.54 bits per heavy atom. The van der Waals surface area contributed by atoms with Crippen LogP contribution >= 0.6 is 11.3 Å². The molecule has 5 nitrogen and oxygen atoms in total. The van der Waals surface area contributed by atoms with Gasteiger partial charge in [-0.15, -0.1) is 11.3 Å². The molecule has 1 saturated carbocycles. The highest BCUT2D eigenvalue weighted by molar-refractivity contribution is 7.15. The molecular weight excluding hydrogens is 324 g/mol. The summed E-state index contributed by atoms with van der Waals surface area (Å²) in [4.78, 5) is 30.8. The molecule has 24 heavy (non-hydrogen) atoms. The average molecular weight is 344 g/mol. The van der Waals surface area contributed by atoms with Crippen LogP contribution in [0.1, 0.15) is 57.0 Å². The number of carboxylic acids is 1. The first-order chi connectivity index (χ1) is 11.6. The van der Waals surface area contributed by atoms with Crippen LogP contribution in [-0.4, -0.2) is 32.9 Å². The van der Waals surface area contributed by atoms with Crippen molar-refractivity contribution >= 4 is 23.2 Å². The number of aromatic carboxylic acids is 1. The van der Waals surface area contributed by atoms with E-state index in [0.717, 1.165) is 42.6 Å². The van der Waals surface area contributed by atoms with E-state index < -0.39 is 5.97 Å². The summed E-state index contributed by atoms with van der Waals surface area (Å²) < 4.78 is 0. The minimum Gasteiger partial charge on any atom is -0.477 e. The number of carboxylic acid groups (broad SMARTS) is 1. The van der Waals surface area contributed by atoms with Crippen molar-refractivity contribution in [3.8, 4) is 0 Å². The largest absolute Gasteiger partial charge is 0.477 e. The molecule has 0 saturated heterocycles. The molecule has 3 rings (SSSR count). The third-order valence-corrected chi connectivity index (χ3v) is 5.44. The van der Waals surface area contributed by atoms with Gasteiger partial charge in [0, 0.05) is 25.0 Å². The monoisotopic (exact) mass is 344 g/mol. The van der Waals surface area contributed by atoms with Crippen LogP contribution < -0.4 is 0 Å². The van der Waals surface area contributed by atoms with E-state index in [4.69, 9.17) is 5.11 Å². The van der Waals surface area contributed by atoms with E-state index in [1.165, 1.54) is 12.5 Å². The molecule has 1 N–H and O–H groups in total. The van der Waals surface area contributed by atoms with Gasteiger partial charge >= 0.3 is 5.97 Å². The lowest BCUT2D eigenvalue weighted by molar-refractivity contribution is 0.0618. The Morgan fingerprint density at radius 2 is 1.92 bits per heavy atom. The molecule has 1 amide bonds. The van der Waals surface area contributed by atoms with E-state index in [-0.39, 0.29) is 16.8 Å². The Hall–Kier alpha value is -2.21. The number of amides is 1. The molecule has 6 heteroatoms. The average Bonchev–Trinajstić information content (AvgIpc) is 3.11. The summed E-state index contributed by atoms with van der Waals surface area (Å²) in [5.41, 5.74) is 0.992. The topological polar surface area (TPSA) is 70.5 Å². The lowest BCUT2D eigenvalue weighted by Gasteiger charge is -2.34. The van der Waals surface area contributed by atoms with Crippen molar-refractivity contribution in [2.45, 2.75) is 44.7 Å². The van der Waals surface area contributed by atoms with Crippen LogP contribution in [0.4, 0.5) is 0 Å². The van der Waals surface area contributed by atoms with Crippen LogP contribution in [-0.2, 0) is 6.54 Å². The molecule has 2 aromatic heterocycles. The van der Waals surface area contributed by atoms with Crippen molar-refractivity contribution in [2.75, 3.05) is 0 Å². The molecule has 0 aromatic carbocycles. The summed E-state index contributed by atoms with van der Waals surface area (Å²) in [6, 6.07) is 7.17. The maximum absolute atomic E-state index is 13.0. The maximum atomic E-state index is 13.0. The molecule has 2 heterocycles. The molecule has 0 atom stereocenters. The highest BCUT2D eigenvalue weighted by Crippen LogP contribution is 2.27. The molecule has 1 fully saturated rings. The number of thiophene rings is 1. The van der Waals surface area contributed by atoms with E-state index >= 15 is 0 Å². The second-order valence-corrected chi connectivity index (χ2v) is 7.14. The molecule has 126 valence electrons. The number of rotatable bonds is 5. The molecule has 0 bridgehead atoms. The van der Waals surface area contributed by atoms with Crippen LogP contribution in [0.3, 0.4) is 0 Å². The minimum atomic E-state index is -0.990. The van der Waals surface area contributed by atoms with Crippen LogP contribution in [0.15, 0.2) is 36.7 Å². The first-order valence-electron chi connectivity index (χ1n) is 8.18. The third kappa shape index (κ3) is 3.82. The Morgan fingerprint density at radius 1 is 1.17 bits per heavy atom. The number of carbonyl (C=O) groups is 2. The number of nitrogens with zero attached hydrogens (tertiary/aromatic N) is 2. The third-order valence-electron chi connectivity index (χ3n) is 4.38. The molecule has 0 aliphatic heterocycles. The second-order valence-electron chi connectivity index (χ2n) is 6.06. The predicted octanol–water partition coefficient (Wildman–Crippen LogP) is 3.82. The molecule has 0 spiro atoms. The standard InChI is InChI=1S/C18H20N2O3S/c21-17(15-8-9-16(24-15)18(22)23)20(14-6-2-1-3-7-14)12-13-5-4-10-19-11-13/h4-5,8-11,14H,1-3,6-7,12H2,(H,22,23). The van der Waals surface area contributed by atoms with Crippen molar-refractivity contribution in [3.05, 3.63) is 52.0 Å². The van der Waals surface area contributed by atoms with E-state index in [1.807, 2.05) is 17.0 Å². The molecule has 2 aromatic rings. The SMILES string of the molecule is O=C(O)c1ccc(C(=O)N(Cc2cccnc2)C2CCCCC2)s1. The maximum Gasteiger partial charge on any atom is 0.345 e. The van der Waals surface area contributed by atoms with Crippen molar-refractivity contribution in [2.24, 2.45) is 0 Å². The van der Waals surface area contributed by atoms with E-state index in [1.54, 1.807) is 18.5 Å². The number of carbonyl (C=O) groups excluding carboxylic acids is 1. The summed E-state index contributed by atoms with van der Waals surface area (Å²) in [7, 11) is 0. The van der Waals surface area contributed by atoms with Gasteiger partial charge in [-0.1, -0.05) is 25.3 Å². The zero-order valence-electron chi connectivity index (χ0n) is 13.4. The van der Waals surface area contributed by atoms with Gasteiger partial charge in [-0.05, 0) is 36.6 Å². The number of hydrogen-bond acceptors (Lipinski definition) is 4. The van der Waals surface area contributed by atoms with Gasteiger partial charge in [0.2, 0.25) is 0 Å². The quantitative estimate of drug-likeness (QED) is 0.895. The fourth-order valence-electron chi connectivity index (χ4n) is 3.16. The highest BCUT2D eigenvalue weighted by atomic mass is 32.1. The molecule has 0 unspecified atom stereocenters. The van der Waals surface area contributed by atoms with Crippen molar-refractivity contribution < 1.29 is 14.7 Å². The second kappa shape index (κ2) is 7.57. The molecule has 1 aliphatic carbocycles.